The van der Waals surface area contributed by atoms with Crippen molar-refractivity contribution < 1.29 is 0 Å². The molecule has 20 heavy (non-hydrogen) atoms. The molecule has 104 valence electrons. The van der Waals surface area contributed by atoms with Gasteiger partial charge in [0.1, 0.15) is 12.7 Å². The molecule has 0 saturated heterocycles. The van der Waals surface area contributed by atoms with Crippen LogP contribution in [0.25, 0.3) is 0 Å². The molecule has 0 amide bonds. The molecule has 1 aromatic heterocycles. The molecule has 4 nitrogen and oxygen atoms in total. The summed E-state index contributed by atoms with van der Waals surface area (Å²) in [5.74, 6) is 0. The van der Waals surface area contributed by atoms with Crippen LogP contribution in [0.4, 0.5) is 0 Å². The lowest BCUT2D eigenvalue weighted by Gasteiger charge is -2.32. The van der Waals surface area contributed by atoms with Crippen molar-refractivity contribution in [3.05, 3.63) is 48.5 Å². The van der Waals surface area contributed by atoms with Crippen LogP contribution in [0.3, 0.4) is 0 Å². The Hall–Kier alpha value is -1.93. The number of benzene rings is 1. The lowest BCUT2D eigenvalue weighted by atomic mass is 9.83. The minimum atomic E-state index is -1.41. The molecule has 1 heterocycles. The third kappa shape index (κ3) is 3.34. The quantitative estimate of drug-likeness (QED) is 0.793. The van der Waals surface area contributed by atoms with Crippen LogP contribution in [0.2, 0.25) is 25.7 Å². The second-order valence-corrected chi connectivity index (χ2v) is 11.9. The summed E-state index contributed by atoms with van der Waals surface area (Å²) in [5, 5.41) is 14.1. The van der Waals surface area contributed by atoms with Gasteiger partial charge in [0.05, 0.1) is 18.0 Å². The Balaban J connectivity index is 2.44. The van der Waals surface area contributed by atoms with E-state index in [2.05, 4.69) is 35.8 Å². The molecule has 0 saturated carbocycles. The first-order chi connectivity index (χ1) is 9.45. The first-order valence-corrected chi connectivity index (χ1v) is 10.5. The number of hydrogen-bond acceptors (Lipinski definition) is 3. The number of nitrogens with zero attached hydrogens (tertiary/aromatic N) is 4. The summed E-state index contributed by atoms with van der Waals surface area (Å²) in [4.78, 5) is 3.98. The first kappa shape index (κ1) is 14.5. The highest BCUT2D eigenvalue weighted by atomic mass is 28.3. The Morgan fingerprint density at radius 1 is 1.25 bits per heavy atom. The van der Waals surface area contributed by atoms with Crippen molar-refractivity contribution >= 4 is 8.07 Å². The fourth-order valence-electron chi connectivity index (χ4n) is 2.64. The summed E-state index contributed by atoms with van der Waals surface area (Å²) >= 11 is 0. The highest BCUT2D eigenvalue weighted by Crippen LogP contribution is 2.34. The third-order valence-electron chi connectivity index (χ3n) is 3.27. The van der Waals surface area contributed by atoms with Gasteiger partial charge in [0, 0.05) is 8.07 Å². The maximum absolute atomic E-state index is 9.90. The largest absolute Gasteiger partial charge is 0.251 e. The molecule has 0 aliphatic heterocycles. The van der Waals surface area contributed by atoms with Crippen molar-refractivity contribution in [1.29, 1.82) is 5.26 Å². The highest BCUT2D eigenvalue weighted by molar-refractivity contribution is 6.76. The maximum atomic E-state index is 9.90. The molecule has 1 unspecified atom stereocenters. The van der Waals surface area contributed by atoms with Crippen LogP contribution in [-0.4, -0.2) is 22.8 Å². The van der Waals surface area contributed by atoms with Crippen molar-refractivity contribution in [3.63, 3.8) is 0 Å². The van der Waals surface area contributed by atoms with Gasteiger partial charge < -0.3 is 0 Å². The standard InChI is InChI=1S/C15H20N4Si/c1-20(2,3)11-15(9-16,10-19-13-17-12-18-19)14-7-5-4-6-8-14/h4-8,12-13H,10-11H2,1-3H3. The van der Waals surface area contributed by atoms with Crippen LogP contribution in [0.1, 0.15) is 5.56 Å². The molecular formula is C15H20N4Si. The second-order valence-electron chi connectivity index (χ2n) is 6.39. The molecule has 1 atom stereocenters. The van der Waals surface area contributed by atoms with Crippen molar-refractivity contribution in [2.45, 2.75) is 37.6 Å². The summed E-state index contributed by atoms with van der Waals surface area (Å²) < 4.78 is 1.76. The van der Waals surface area contributed by atoms with Crippen LogP contribution < -0.4 is 0 Å². The van der Waals surface area contributed by atoms with Gasteiger partial charge in [-0.1, -0.05) is 50.0 Å². The van der Waals surface area contributed by atoms with Crippen molar-refractivity contribution in [2.24, 2.45) is 0 Å². The van der Waals surface area contributed by atoms with E-state index in [0.717, 1.165) is 11.6 Å². The topological polar surface area (TPSA) is 54.5 Å². The van der Waals surface area contributed by atoms with E-state index in [1.165, 1.54) is 6.33 Å². The van der Waals surface area contributed by atoms with Gasteiger partial charge in [-0.2, -0.15) is 10.4 Å². The number of hydrogen-bond donors (Lipinski definition) is 0. The predicted octanol–water partition coefficient (Wildman–Crippen LogP) is 3.08. The molecule has 0 bridgehead atoms. The third-order valence-corrected chi connectivity index (χ3v) is 4.94. The molecule has 0 aliphatic carbocycles. The molecule has 2 aromatic rings. The van der Waals surface area contributed by atoms with Crippen molar-refractivity contribution in [3.8, 4) is 6.07 Å². The molecule has 0 radical (unpaired) electrons. The lowest BCUT2D eigenvalue weighted by Crippen LogP contribution is -2.38. The van der Waals surface area contributed by atoms with E-state index in [4.69, 9.17) is 0 Å². The van der Waals surface area contributed by atoms with Gasteiger partial charge in [-0.25, -0.2) is 4.98 Å². The van der Waals surface area contributed by atoms with Crippen LogP contribution in [-0.2, 0) is 12.0 Å². The Morgan fingerprint density at radius 2 is 1.95 bits per heavy atom. The van der Waals surface area contributed by atoms with Crippen LogP contribution >= 0.6 is 0 Å². The summed E-state index contributed by atoms with van der Waals surface area (Å²) in [6, 6.07) is 13.5. The van der Waals surface area contributed by atoms with Crippen LogP contribution in [0.15, 0.2) is 43.0 Å². The van der Waals surface area contributed by atoms with Gasteiger partial charge >= 0.3 is 0 Å². The van der Waals surface area contributed by atoms with E-state index in [-0.39, 0.29) is 0 Å². The molecule has 0 fully saturated rings. The Bertz CT molecular complexity index is 581. The van der Waals surface area contributed by atoms with Crippen LogP contribution in [0.5, 0.6) is 0 Å². The monoisotopic (exact) mass is 284 g/mol. The Morgan fingerprint density at radius 3 is 2.45 bits per heavy atom. The van der Waals surface area contributed by atoms with Crippen molar-refractivity contribution in [2.75, 3.05) is 0 Å². The summed E-state index contributed by atoms with van der Waals surface area (Å²) in [6.07, 6.45) is 3.20. The van der Waals surface area contributed by atoms with Gasteiger partial charge in [-0.3, -0.25) is 4.68 Å². The molecule has 1 aromatic carbocycles. The fraction of sp³-hybridized carbons (Fsp3) is 0.400. The second kappa shape index (κ2) is 5.59. The average molecular weight is 284 g/mol. The van der Waals surface area contributed by atoms with E-state index in [1.54, 1.807) is 11.0 Å². The van der Waals surface area contributed by atoms with Gasteiger partial charge in [-0.05, 0) is 11.6 Å². The normalized spacial score (nSPS) is 14.5. The minimum absolute atomic E-state index is 0.528. The molecule has 0 spiro atoms. The van der Waals surface area contributed by atoms with Crippen molar-refractivity contribution in [1.82, 2.24) is 14.8 Å². The number of aromatic nitrogens is 3. The van der Waals surface area contributed by atoms with E-state index >= 15 is 0 Å². The zero-order valence-corrected chi connectivity index (χ0v) is 13.2. The Kier molecular flexibility index (Phi) is 4.05. The van der Waals surface area contributed by atoms with Gasteiger partial charge in [0.25, 0.3) is 0 Å². The van der Waals surface area contributed by atoms with Gasteiger partial charge in [0.15, 0.2) is 0 Å². The number of nitriles is 1. The van der Waals surface area contributed by atoms with E-state index < -0.39 is 13.5 Å². The molecular weight excluding hydrogens is 264 g/mol. The van der Waals surface area contributed by atoms with Crippen LogP contribution in [0, 0.1) is 11.3 Å². The zero-order chi connectivity index (χ0) is 14.6. The predicted molar refractivity (Wildman–Crippen MR) is 81.9 cm³/mol. The first-order valence-electron chi connectivity index (χ1n) is 6.74. The van der Waals surface area contributed by atoms with E-state index in [0.29, 0.717) is 6.54 Å². The molecule has 0 N–H and O–H groups in total. The highest BCUT2D eigenvalue weighted by Gasteiger charge is 2.38. The van der Waals surface area contributed by atoms with E-state index in [1.807, 2.05) is 30.3 Å². The lowest BCUT2D eigenvalue weighted by molar-refractivity contribution is 0.456. The van der Waals surface area contributed by atoms with E-state index in [9.17, 15) is 5.26 Å². The SMILES string of the molecule is C[Si](C)(C)CC(C#N)(Cn1cncn1)c1ccccc1. The average Bonchev–Trinajstić information content (AvgIpc) is 2.90. The summed E-state index contributed by atoms with van der Waals surface area (Å²) in [6.45, 7) is 7.44. The molecule has 5 heteroatoms. The summed E-state index contributed by atoms with van der Waals surface area (Å²) in [7, 11) is -1.41. The minimum Gasteiger partial charge on any atom is -0.251 e. The number of rotatable bonds is 5. The zero-order valence-electron chi connectivity index (χ0n) is 12.2. The summed E-state index contributed by atoms with van der Waals surface area (Å²) in [5.41, 5.74) is 0.541. The molecule has 0 aliphatic rings. The molecule has 2 rings (SSSR count). The smallest absolute Gasteiger partial charge is 0.137 e. The van der Waals surface area contributed by atoms with Gasteiger partial charge in [0.2, 0.25) is 0 Å². The maximum Gasteiger partial charge on any atom is 0.137 e. The Labute approximate surface area is 121 Å². The van der Waals surface area contributed by atoms with Gasteiger partial charge in [-0.15, -0.1) is 0 Å². The fourth-order valence-corrected chi connectivity index (χ4v) is 4.85.